The fourth-order valence-corrected chi connectivity index (χ4v) is 3.92. The van der Waals surface area contributed by atoms with Gasteiger partial charge in [0.15, 0.2) is 0 Å². The number of carbonyl (C=O) groups is 3. The maximum atomic E-state index is 12.6. The highest BCUT2D eigenvalue weighted by Gasteiger charge is 2.29. The van der Waals surface area contributed by atoms with Crippen LogP contribution in [0.1, 0.15) is 58.3 Å². The molecule has 148 valence electrons. The Morgan fingerprint density at radius 1 is 1.04 bits per heavy atom. The van der Waals surface area contributed by atoms with Crippen molar-refractivity contribution in [2.24, 2.45) is 17.6 Å². The van der Waals surface area contributed by atoms with Gasteiger partial charge >= 0.3 is 0 Å². The first-order valence-electron chi connectivity index (χ1n) is 10.1. The van der Waals surface area contributed by atoms with Crippen molar-refractivity contribution in [2.45, 2.75) is 64.3 Å². The number of nitrogens with zero attached hydrogens (tertiary/aromatic N) is 1. The van der Waals surface area contributed by atoms with E-state index < -0.39 is 0 Å². The lowest BCUT2D eigenvalue weighted by Crippen LogP contribution is -2.48. The Bertz CT molecular complexity index is 491. The molecule has 26 heavy (non-hydrogen) atoms. The molecule has 0 bridgehead atoms. The Labute approximate surface area is 156 Å². The van der Waals surface area contributed by atoms with E-state index in [4.69, 9.17) is 5.73 Å². The molecule has 0 spiro atoms. The van der Waals surface area contributed by atoms with E-state index >= 15 is 0 Å². The number of nitrogens with two attached hydrogens (primary N) is 1. The second-order valence-electron chi connectivity index (χ2n) is 7.71. The van der Waals surface area contributed by atoms with Crippen molar-refractivity contribution in [3.63, 3.8) is 0 Å². The fourth-order valence-electron chi connectivity index (χ4n) is 3.92. The Morgan fingerprint density at radius 2 is 1.73 bits per heavy atom. The second-order valence-corrected chi connectivity index (χ2v) is 7.71. The van der Waals surface area contributed by atoms with Gasteiger partial charge in [-0.25, -0.2) is 0 Å². The van der Waals surface area contributed by atoms with Crippen LogP contribution in [-0.4, -0.2) is 54.8 Å². The summed E-state index contributed by atoms with van der Waals surface area (Å²) in [6.45, 7) is 3.90. The van der Waals surface area contributed by atoms with Gasteiger partial charge in [-0.05, 0) is 32.6 Å². The van der Waals surface area contributed by atoms with Crippen molar-refractivity contribution in [3.05, 3.63) is 0 Å². The molecule has 1 aliphatic heterocycles. The zero-order valence-corrected chi connectivity index (χ0v) is 16.0. The molecule has 0 aromatic carbocycles. The van der Waals surface area contributed by atoms with E-state index in [0.29, 0.717) is 26.2 Å². The third-order valence-electron chi connectivity index (χ3n) is 5.43. The number of carbonyl (C=O) groups excluding carboxylic acids is 3. The Balaban J connectivity index is 1.76. The van der Waals surface area contributed by atoms with Crippen LogP contribution in [0.25, 0.3) is 0 Å². The molecule has 0 aromatic heterocycles. The molecule has 0 radical (unpaired) electrons. The molecule has 2 unspecified atom stereocenters. The number of rotatable bonds is 7. The monoisotopic (exact) mass is 366 g/mol. The molecule has 1 saturated carbocycles. The van der Waals surface area contributed by atoms with Crippen LogP contribution < -0.4 is 16.4 Å². The topological polar surface area (TPSA) is 105 Å². The average Bonchev–Trinajstić information content (AvgIpc) is 2.66. The molecule has 1 heterocycles. The molecule has 2 aliphatic rings. The molecule has 3 amide bonds. The second kappa shape index (κ2) is 10.5. The predicted octanol–water partition coefficient (Wildman–Crippen LogP) is 0.775. The van der Waals surface area contributed by atoms with Crippen LogP contribution in [-0.2, 0) is 14.4 Å². The van der Waals surface area contributed by atoms with Crippen LogP contribution in [0.3, 0.4) is 0 Å². The highest BCUT2D eigenvalue weighted by Crippen LogP contribution is 2.24. The summed E-state index contributed by atoms with van der Waals surface area (Å²) in [5.41, 5.74) is 5.42. The molecule has 2 fully saturated rings. The van der Waals surface area contributed by atoms with E-state index in [1.807, 2.05) is 6.92 Å². The number of amides is 3. The minimum Gasteiger partial charge on any atom is -0.355 e. The largest absolute Gasteiger partial charge is 0.355 e. The summed E-state index contributed by atoms with van der Waals surface area (Å²) in [4.78, 5) is 38.7. The van der Waals surface area contributed by atoms with E-state index in [0.717, 1.165) is 38.5 Å². The fraction of sp³-hybridized carbons (Fsp3) is 0.842. The highest BCUT2D eigenvalue weighted by molar-refractivity contribution is 5.83. The van der Waals surface area contributed by atoms with Gasteiger partial charge in [-0.1, -0.05) is 19.3 Å². The van der Waals surface area contributed by atoms with Gasteiger partial charge in [0.2, 0.25) is 17.7 Å². The summed E-state index contributed by atoms with van der Waals surface area (Å²) in [7, 11) is 0. The lowest BCUT2D eigenvalue weighted by Gasteiger charge is -2.33. The maximum absolute atomic E-state index is 12.6. The molecule has 7 heteroatoms. The van der Waals surface area contributed by atoms with Crippen molar-refractivity contribution in [1.29, 1.82) is 0 Å². The van der Waals surface area contributed by atoms with Crippen molar-refractivity contribution < 1.29 is 14.4 Å². The molecule has 2 atom stereocenters. The third kappa shape index (κ3) is 6.27. The van der Waals surface area contributed by atoms with E-state index in [1.165, 1.54) is 6.42 Å². The Kier molecular flexibility index (Phi) is 8.35. The first kappa shape index (κ1) is 20.7. The first-order chi connectivity index (χ1) is 12.5. The van der Waals surface area contributed by atoms with E-state index in [-0.39, 0.29) is 42.0 Å². The minimum atomic E-state index is -0.177. The summed E-state index contributed by atoms with van der Waals surface area (Å²) in [5.74, 6) is 0.0188. The quantitative estimate of drug-likeness (QED) is 0.619. The van der Waals surface area contributed by atoms with E-state index in [1.54, 1.807) is 4.90 Å². The predicted molar refractivity (Wildman–Crippen MR) is 100 cm³/mol. The summed E-state index contributed by atoms with van der Waals surface area (Å²) < 4.78 is 0. The molecular formula is C19H34N4O3. The van der Waals surface area contributed by atoms with Crippen molar-refractivity contribution in [1.82, 2.24) is 15.5 Å². The number of hydrogen-bond acceptors (Lipinski definition) is 4. The number of likely N-dealkylation sites (tertiary alicyclic amines) is 1. The van der Waals surface area contributed by atoms with Crippen molar-refractivity contribution in [2.75, 3.05) is 26.2 Å². The van der Waals surface area contributed by atoms with Crippen LogP contribution in [0.4, 0.5) is 0 Å². The zero-order chi connectivity index (χ0) is 18.9. The summed E-state index contributed by atoms with van der Waals surface area (Å²) in [6, 6.07) is -0.177. The Hall–Kier alpha value is -1.63. The van der Waals surface area contributed by atoms with Gasteiger partial charge in [0, 0.05) is 44.6 Å². The van der Waals surface area contributed by atoms with Gasteiger partial charge in [0.05, 0.1) is 5.92 Å². The number of piperidine rings is 1. The average molecular weight is 367 g/mol. The normalized spacial score (nSPS) is 22.5. The van der Waals surface area contributed by atoms with Crippen LogP contribution in [0, 0.1) is 11.8 Å². The molecular weight excluding hydrogens is 332 g/mol. The van der Waals surface area contributed by atoms with Crippen LogP contribution in [0.5, 0.6) is 0 Å². The van der Waals surface area contributed by atoms with E-state index in [2.05, 4.69) is 10.6 Å². The SMILES string of the molecule is CC(CC(=O)N1CCCC(C(=O)NCCN)C1)NC(=O)C1CCCCC1. The maximum Gasteiger partial charge on any atom is 0.224 e. The lowest BCUT2D eigenvalue weighted by molar-refractivity contribution is -0.136. The van der Waals surface area contributed by atoms with Gasteiger partial charge in [-0.2, -0.15) is 0 Å². The molecule has 1 saturated heterocycles. The number of nitrogens with one attached hydrogen (secondary N) is 2. The van der Waals surface area contributed by atoms with Crippen LogP contribution >= 0.6 is 0 Å². The standard InChI is InChI=1S/C19H34N4O3/c1-14(22-19(26)15-6-3-2-4-7-15)12-17(24)23-11-5-8-16(13-23)18(25)21-10-9-20/h14-16H,2-13,20H2,1H3,(H,21,25)(H,22,26). The van der Waals surface area contributed by atoms with E-state index in [9.17, 15) is 14.4 Å². The molecule has 4 N–H and O–H groups in total. The van der Waals surface area contributed by atoms with Gasteiger partial charge in [-0.15, -0.1) is 0 Å². The van der Waals surface area contributed by atoms with Crippen LogP contribution in [0.15, 0.2) is 0 Å². The van der Waals surface area contributed by atoms with Crippen molar-refractivity contribution >= 4 is 17.7 Å². The third-order valence-corrected chi connectivity index (χ3v) is 5.43. The zero-order valence-electron chi connectivity index (χ0n) is 16.0. The van der Waals surface area contributed by atoms with Gasteiger partial charge in [-0.3, -0.25) is 14.4 Å². The summed E-state index contributed by atoms with van der Waals surface area (Å²) in [6.07, 6.45) is 7.28. The number of hydrogen-bond donors (Lipinski definition) is 3. The molecule has 1 aliphatic carbocycles. The van der Waals surface area contributed by atoms with Gasteiger partial charge in [0.25, 0.3) is 0 Å². The molecule has 2 rings (SSSR count). The van der Waals surface area contributed by atoms with Crippen LogP contribution in [0.2, 0.25) is 0 Å². The molecule has 7 nitrogen and oxygen atoms in total. The van der Waals surface area contributed by atoms with Gasteiger partial charge < -0.3 is 21.3 Å². The smallest absolute Gasteiger partial charge is 0.224 e. The molecule has 0 aromatic rings. The summed E-state index contributed by atoms with van der Waals surface area (Å²) in [5, 5.41) is 5.81. The first-order valence-corrected chi connectivity index (χ1v) is 10.1. The highest BCUT2D eigenvalue weighted by atomic mass is 16.2. The summed E-state index contributed by atoms with van der Waals surface area (Å²) >= 11 is 0. The Morgan fingerprint density at radius 3 is 2.42 bits per heavy atom. The van der Waals surface area contributed by atoms with Crippen molar-refractivity contribution in [3.8, 4) is 0 Å². The lowest BCUT2D eigenvalue weighted by atomic mass is 9.88. The van der Waals surface area contributed by atoms with Gasteiger partial charge in [0.1, 0.15) is 0 Å². The minimum absolute atomic E-state index is 0.0118.